The Morgan fingerprint density at radius 1 is 1.11 bits per heavy atom. The van der Waals surface area contributed by atoms with Gasteiger partial charge in [0, 0.05) is 57.6 Å². The normalized spacial score (nSPS) is 36.3. The van der Waals surface area contributed by atoms with E-state index in [0.29, 0.717) is 23.7 Å². The van der Waals surface area contributed by atoms with E-state index in [9.17, 15) is 9.59 Å². The maximum atomic E-state index is 13.3. The van der Waals surface area contributed by atoms with Gasteiger partial charge >= 0.3 is 0 Å². The minimum Gasteiger partial charge on any atom is -0.345 e. The Kier molecular flexibility index (Phi) is 4.81. The van der Waals surface area contributed by atoms with Gasteiger partial charge in [0.05, 0.1) is 5.41 Å². The largest absolute Gasteiger partial charge is 0.345 e. The second-order valence-corrected chi connectivity index (χ2v) is 10.5. The maximum Gasteiger partial charge on any atom is 0.230 e. The van der Waals surface area contributed by atoms with Crippen LogP contribution in [0.2, 0.25) is 0 Å². The van der Waals surface area contributed by atoms with Crippen molar-refractivity contribution in [2.45, 2.75) is 52.9 Å². The SMILES string of the molecule is CC(C)CN1CC2(CCN(C(=O)C3CC(C)C3)CC2)C2(CCN(C)C2=O)C1. The summed E-state index contributed by atoms with van der Waals surface area (Å²) in [6.07, 6.45) is 5.11. The van der Waals surface area contributed by atoms with Gasteiger partial charge in [-0.05, 0) is 43.9 Å². The smallest absolute Gasteiger partial charge is 0.230 e. The van der Waals surface area contributed by atoms with E-state index in [1.54, 1.807) is 0 Å². The summed E-state index contributed by atoms with van der Waals surface area (Å²) < 4.78 is 0. The van der Waals surface area contributed by atoms with Crippen molar-refractivity contribution < 1.29 is 9.59 Å². The first-order valence-corrected chi connectivity index (χ1v) is 11.0. The fourth-order valence-electron chi connectivity index (χ4n) is 6.56. The summed E-state index contributed by atoms with van der Waals surface area (Å²) in [7, 11) is 1.96. The lowest BCUT2D eigenvalue weighted by atomic mass is 9.59. The van der Waals surface area contributed by atoms with Gasteiger partial charge in [0.25, 0.3) is 0 Å². The Morgan fingerprint density at radius 3 is 2.30 bits per heavy atom. The summed E-state index contributed by atoms with van der Waals surface area (Å²) in [6.45, 7) is 12.4. The summed E-state index contributed by atoms with van der Waals surface area (Å²) in [5.41, 5.74) is -0.149. The van der Waals surface area contributed by atoms with Crippen LogP contribution in [-0.4, -0.2) is 72.8 Å². The van der Waals surface area contributed by atoms with Crippen LogP contribution in [0.15, 0.2) is 0 Å². The van der Waals surface area contributed by atoms with E-state index in [4.69, 9.17) is 0 Å². The van der Waals surface area contributed by atoms with Gasteiger partial charge in [0.15, 0.2) is 0 Å². The molecule has 0 N–H and O–H groups in total. The van der Waals surface area contributed by atoms with Crippen molar-refractivity contribution in [1.82, 2.24) is 14.7 Å². The predicted molar refractivity (Wildman–Crippen MR) is 106 cm³/mol. The molecule has 4 fully saturated rings. The third kappa shape index (κ3) is 3.01. The molecule has 1 atom stereocenters. The molecule has 27 heavy (non-hydrogen) atoms. The van der Waals surface area contributed by atoms with Crippen molar-refractivity contribution in [1.29, 1.82) is 0 Å². The summed E-state index contributed by atoms with van der Waals surface area (Å²) >= 11 is 0. The van der Waals surface area contributed by atoms with E-state index in [-0.39, 0.29) is 16.7 Å². The number of hydrogen-bond donors (Lipinski definition) is 0. The number of fused-ring (bicyclic) bond motifs is 1. The van der Waals surface area contributed by atoms with Gasteiger partial charge < -0.3 is 14.7 Å². The van der Waals surface area contributed by atoms with Crippen molar-refractivity contribution in [3.63, 3.8) is 0 Å². The lowest BCUT2D eigenvalue weighted by Gasteiger charge is -2.48. The molecule has 2 spiro atoms. The number of hydrogen-bond acceptors (Lipinski definition) is 3. The summed E-state index contributed by atoms with van der Waals surface area (Å²) in [5.74, 6) is 2.34. The number of carbonyl (C=O) groups is 2. The zero-order valence-electron chi connectivity index (χ0n) is 17.7. The van der Waals surface area contributed by atoms with Crippen LogP contribution in [0.5, 0.6) is 0 Å². The molecule has 3 heterocycles. The second kappa shape index (κ2) is 6.75. The molecule has 1 aliphatic carbocycles. The minimum absolute atomic E-state index is 0.0629. The molecule has 4 aliphatic rings. The fourth-order valence-corrected chi connectivity index (χ4v) is 6.56. The Labute approximate surface area is 164 Å². The molecule has 2 amide bonds. The van der Waals surface area contributed by atoms with Crippen LogP contribution in [0.4, 0.5) is 0 Å². The molecular weight excluding hydrogens is 338 g/mol. The van der Waals surface area contributed by atoms with Crippen LogP contribution in [0.1, 0.15) is 52.9 Å². The third-order valence-corrected chi connectivity index (χ3v) is 8.04. The first kappa shape index (κ1) is 19.2. The van der Waals surface area contributed by atoms with Gasteiger partial charge in [-0.2, -0.15) is 0 Å². The van der Waals surface area contributed by atoms with Gasteiger partial charge in [-0.1, -0.05) is 20.8 Å². The first-order chi connectivity index (χ1) is 12.8. The lowest BCUT2D eigenvalue weighted by molar-refractivity contribution is -0.146. The summed E-state index contributed by atoms with van der Waals surface area (Å²) in [5, 5.41) is 0. The summed E-state index contributed by atoms with van der Waals surface area (Å²) in [6, 6.07) is 0. The second-order valence-electron chi connectivity index (χ2n) is 10.5. The Balaban J connectivity index is 1.50. The molecule has 5 nitrogen and oxygen atoms in total. The van der Waals surface area contributed by atoms with E-state index < -0.39 is 0 Å². The van der Waals surface area contributed by atoms with Gasteiger partial charge in [-0.3, -0.25) is 9.59 Å². The molecule has 0 aromatic carbocycles. The number of nitrogens with zero attached hydrogens (tertiary/aromatic N) is 3. The number of piperidine rings is 1. The van der Waals surface area contributed by atoms with Crippen LogP contribution in [0, 0.1) is 28.6 Å². The number of carbonyl (C=O) groups excluding carboxylic acids is 2. The highest BCUT2D eigenvalue weighted by Crippen LogP contribution is 2.57. The molecule has 0 aromatic heterocycles. The van der Waals surface area contributed by atoms with E-state index in [0.717, 1.165) is 71.4 Å². The Bertz CT molecular complexity index is 605. The average Bonchev–Trinajstić information content (AvgIpc) is 3.04. The number of amides is 2. The summed E-state index contributed by atoms with van der Waals surface area (Å²) in [4.78, 5) is 32.7. The zero-order valence-corrected chi connectivity index (χ0v) is 17.7. The number of rotatable bonds is 3. The molecule has 0 bridgehead atoms. The van der Waals surface area contributed by atoms with Gasteiger partial charge in [0.2, 0.25) is 11.8 Å². The highest BCUT2D eigenvalue weighted by atomic mass is 16.2. The quantitative estimate of drug-likeness (QED) is 0.761. The van der Waals surface area contributed by atoms with Crippen LogP contribution >= 0.6 is 0 Å². The third-order valence-electron chi connectivity index (χ3n) is 8.04. The van der Waals surface area contributed by atoms with E-state index in [1.165, 1.54) is 0 Å². The highest BCUT2D eigenvalue weighted by molar-refractivity contribution is 5.86. The molecule has 5 heteroatoms. The van der Waals surface area contributed by atoms with Crippen LogP contribution in [0.25, 0.3) is 0 Å². The molecule has 0 aromatic rings. The van der Waals surface area contributed by atoms with E-state index >= 15 is 0 Å². The molecule has 0 radical (unpaired) electrons. The number of likely N-dealkylation sites (tertiary alicyclic amines) is 3. The average molecular weight is 376 g/mol. The molecular formula is C22H37N3O2. The fraction of sp³-hybridized carbons (Fsp3) is 0.909. The first-order valence-electron chi connectivity index (χ1n) is 11.0. The van der Waals surface area contributed by atoms with Crippen molar-refractivity contribution in [3.05, 3.63) is 0 Å². The van der Waals surface area contributed by atoms with Crippen molar-refractivity contribution in [3.8, 4) is 0 Å². The van der Waals surface area contributed by atoms with Gasteiger partial charge in [-0.25, -0.2) is 0 Å². The van der Waals surface area contributed by atoms with Crippen LogP contribution in [-0.2, 0) is 9.59 Å². The molecule has 152 valence electrons. The van der Waals surface area contributed by atoms with Gasteiger partial charge in [0.1, 0.15) is 0 Å². The predicted octanol–water partition coefficient (Wildman–Crippen LogP) is 2.46. The Hall–Kier alpha value is -1.10. The standard InChI is InChI=1S/C22H37N3O2/c1-16(2)13-24-14-21(22(15-24)7-8-23(4)20(22)27)5-9-25(10-6-21)19(26)18-11-17(3)12-18/h16-18H,5-15H2,1-4H3. The zero-order chi connectivity index (χ0) is 19.4. The lowest BCUT2D eigenvalue weighted by Crippen LogP contribution is -2.54. The van der Waals surface area contributed by atoms with Crippen LogP contribution < -0.4 is 0 Å². The van der Waals surface area contributed by atoms with Crippen LogP contribution in [0.3, 0.4) is 0 Å². The van der Waals surface area contributed by atoms with Crippen molar-refractivity contribution in [2.75, 3.05) is 46.3 Å². The minimum atomic E-state index is -0.212. The molecule has 1 saturated carbocycles. The molecule has 1 unspecified atom stereocenters. The van der Waals surface area contributed by atoms with Crippen molar-refractivity contribution in [2.24, 2.45) is 28.6 Å². The van der Waals surface area contributed by atoms with E-state index in [2.05, 4.69) is 30.6 Å². The van der Waals surface area contributed by atoms with Gasteiger partial charge in [-0.15, -0.1) is 0 Å². The monoisotopic (exact) mass is 375 g/mol. The molecule has 3 aliphatic heterocycles. The molecule has 3 saturated heterocycles. The topological polar surface area (TPSA) is 43.9 Å². The van der Waals surface area contributed by atoms with Crippen molar-refractivity contribution >= 4 is 11.8 Å². The maximum absolute atomic E-state index is 13.3. The van der Waals surface area contributed by atoms with E-state index in [1.807, 2.05) is 11.9 Å². The Morgan fingerprint density at radius 2 is 1.78 bits per heavy atom. The highest BCUT2D eigenvalue weighted by Gasteiger charge is 2.64. The molecule has 4 rings (SSSR count).